The molecule has 1 aliphatic heterocycles. The van der Waals surface area contributed by atoms with Gasteiger partial charge in [-0.1, -0.05) is 18.9 Å². The molecular weight excluding hydrogens is 278 g/mol. The van der Waals surface area contributed by atoms with Crippen LogP contribution in [0.25, 0.3) is 0 Å². The van der Waals surface area contributed by atoms with Crippen molar-refractivity contribution < 1.29 is 14.6 Å². The number of methoxy groups -OCH3 is 1. The van der Waals surface area contributed by atoms with Crippen LogP contribution in [0, 0.1) is 5.41 Å². The molecule has 0 aromatic heterocycles. The van der Waals surface area contributed by atoms with E-state index < -0.39 is 6.09 Å². The fourth-order valence-electron chi connectivity index (χ4n) is 5.53. The van der Waals surface area contributed by atoms with Gasteiger partial charge in [0, 0.05) is 12.0 Å². The molecule has 118 valence electrons. The highest BCUT2D eigenvalue weighted by Gasteiger charge is 2.63. The minimum atomic E-state index is -0.764. The van der Waals surface area contributed by atoms with E-state index in [4.69, 9.17) is 4.74 Å². The van der Waals surface area contributed by atoms with Gasteiger partial charge in [-0.3, -0.25) is 4.90 Å². The zero-order chi connectivity index (χ0) is 15.4. The van der Waals surface area contributed by atoms with Gasteiger partial charge in [0.05, 0.1) is 12.6 Å². The van der Waals surface area contributed by atoms with E-state index in [1.165, 1.54) is 17.5 Å². The molecule has 1 saturated heterocycles. The third-order valence-electron chi connectivity index (χ3n) is 6.46. The number of benzene rings is 1. The fourth-order valence-corrected chi connectivity index (χ4v) is 5.53. The van der Waals surface area contributed by atoms with Crippen LogP contribution in [0.1, 0.15) is 49.7 Å². The van der Waals surface area contributed by atoms with E-state index in [1.54, 1.807) is 12.0 Å². The van der Waals surface area contributed by atoms with Gasteiger partial charge in [-0.25, -0.2) is 4.79 Å². The average molecular weight is 301 g/mol. The monoisotopic (exact) mass is 301 g/mol. The highest BCUT2D eigenvalue weighted by Crippen LogP contribution is 2.65. The maximum Gasteiger partial charge on any atom is 0.408 e. The van der Waals surface area contributed by atoms with Gasteiger partial charge >= 0.3 is 6.09 Å². The lowest BCUT2D eigenvalue weighted by molar-refractivity contribution is -0.0170. The smallest absolute Gasteiger partial charge is 0.408 e. The second-order valence-corrected chi connectivity index (χ2v) is 7.06. The summed E-state index contributed by atoms with van der Waals surface area (Å²) in [7, 11) is 1.68. The van der Waals surface area contributed by atoms with Crippen LogP contribution in [0.15, 0.2) is 18.2 Å². The van der Waals surface area contributed by atoms with Gasteiger partial charge in [0.1, 0.15) is 5.75 Å². The third kappa shape index (κ3) is 1.56. The zero-order valence-corrected chi connectivity index (χ0v) is 13.1. The van der Waals surface area contributed by atoms with Gasteiger partial charge in [-0.15, -0.1) is 0 Å². The minimum absolute atomic E-state index is 0.142. The molecule has 1 aromatic rings. The van der Waals surface area contributed by atoms with E-state index in [-0.39, 0.29) is 11.0 Å². The number of aryl methyl sites for hydroxylation is 1. The van der Waals surface area contributed by atoms with Gasteiger partial charge in [-0.2, -0.15) is 0 Å². The number of rotatable bonds is 1. The molecule has 4 heteroatoms. The second kappa shape index (κ2) is 4.64. The Morgan fingerprint density at radius 3 is 2.82 bits per heavy atom. The molecule has 1 saturated carbocycles. The summed E-state index contributed by atoms with van der Waals surface area (Å²) in [5, 5.41) is 9.83. The normalized spacial score (nSPS) is 32.9. The van der Waals surface area contributed by atoms with Crippen molar-refractivity contribution in [2.24, 2.45) is 5.41 Å². The van der Waals surface area contributed by atoms with Gasteiger partial charge in [0.15, 0.2) is 0 Å². The molecule has 22 heavy (non-hydrogen) atoms. The maximum absolute atomic E-state index is 12.0. The predicted octanol–water partition coefficient (Wildman–Crippen LogP) is 3.78. The van der Waals surface area contributed by atoms with E-state index >= 15 is 0 Å². The lowest BCUT2D eigenvalue weighted by Crippen LogP contribution is -2.56. The summed E-state index contributed by atoms with van der Waals surface area (Å²) in [6.07, 6.45) is 6.89. The van der Waals surface area contributed by atoms with Crippen molar-refractivity contribution in [2.45, 2.75) is 50.5 Å². The molecule has 1 heterocycles. The van der Waals surface area contributed by atoms with Crippen LogP contribution in [0.3, 0.4) is 0 Å². The topological polar surface area (TPSA) is 49.8 Å². The molecule has 2 aliphatic carbocycles. The molecule has 0 bridgehead atoms. The van der Waals surface area contributed by atoms with Crippen molar-refractivity contribution in [3.05, 3.63) is 29.3 Å². The Bertz CT molecular complexity index is 629. The van der Waals surface area contributed by atoms with Crippen molar-refractivity contribution in [2.75, 3.05) is 13.7 Å². The van der Waals surface area contributed by atoms with Crippen LogP contribution in [-0.4, -0.2) is 29.8 Å². The molecule has 1 N–H and O–H groups in total. The number of amides is 1. The van der Waals surface area contributed by atoms with Gasteiger partial charge in [0.25, 0.3) is 0 Å². The summed E-state index contributed by atoms with van der Waals surface area (Å²) in [5.74, 6) is 0.840. The van der Waals surface area contributed by atoms with E-state index in [2.05, 4.69) is 12.1 Å². The molecular formula is C18H23NO3. The molecule has 1 aromatic carbocycles. The number of ether oxygens (including phenoxy) is 1. The quantitative estimate of drug-likeness (QED) is 0.858. The average Bonchev–Trinajstić information content (AvgIpc) is 2.91. The Balaban J connectivity index is 1.96. The lowest BCUT2D eigenvalue weighted by atomic mass is 9.53. The fraction of sp³-hybridized carbons (Fsp3) is 0.611. The van der Waals surface area contributed by atoms with Crippen molar-refractivity contribution in [1.82, 2.24) is 4.90 Å². The van der Waals surface area contributed by atoms with E-state index in [0.717, 1.165) is 44.3 Å². The van der Waals surface area contributed by atoms with Crippen molar-refractivity contribution in [1.29, 1.82) is 0 Å². The van der Waals surface area contributed by atoms with Crippen molar-refractivity contribution >= 4 is 6.09 Å². The van der Waals surface area contributed by atoms with E-state index in [1.807, 2.05) is 6.07 Å². The first-order chi connectivity index (χ1) is 10.6. The largest absolute Gasteiger partial charge is 0.497 e. The van der Waals surface area contributed by atoms with Gasteiger partial charge in [-0.05, 0) is 55.4 Å². The molecule has 4 rings (SSSR count). The molecule has 2 unspecified atom stereocenters. The summed E-state index contributed by atoms with van der Waals surface area (Å²) < 4.78 is 5.43. The summed E-state index contributed by atoms with van der Waals surface area (Å²) in [5.41, 5.74) is 2.35. The Labute approximate surface area is 131 Å². The number of nitrogens with zero attached hydrogens (tertiary/aromatic N) is 1. The Morgan fingerprint density at radius 2 is 2.05 bits per heavy atom. The minimum Gasteiger partial charge on any atom is -0.497 e. The Hall–Kier alpha value is -1.71. The van der Waals surface area contributed by atoms with Crippen LogP contribution in [-0.2, 0) is 12.0 Å². The number of hydrogen-bond donors (Lipinski definition) is 1. The van der Waals surface area contributed by atoms with E-state index in [0.29, 0.717) is 6.54 Å². The first kappa shape index (κ1) is 13.9. The summed E-state index contributed by atoms with van der Waals surface area (Å²) >= 11 is 0. The van der Waals surface area contributed by atoms with Crippen LogP contribution >= 0.6 is 0 Å². The Morgan fingerprint density at radius 1 is 1.23 bits per heavy atom. The van der Waals surface area contributed by atoms with Crippen molar-refractivity contribution in [3.8, 4) is 5.75 Å². The molecule has 3 aliphatic rings. The van der Waals surface area contributed by atoms with E-state index in [9.17, 15) is 9.90 Å². The van der Waals surface area contributed by atoms with Crippen LogP contribution in [0.4, 0.5) is 4.79 Å². The number of carboxylic acid groups (broad SMARTS) is 1. The third-order valence-corrected chi connectivity index (χ3v) is 6.46. The van der Waals surface area contributed by atoms with Crippen LogP contribution in [0.5, 0.6) is 5.75 Å². The predicted molar refractivity (Wildman–Crippen MR) is 83.2 cm³/mol. The standard InChI is InChI=1S/C18H23NO3/c1-22-14-5-4-13-6-9-17-7-2-3-8-18(17,15(13)12-14)19(11-10-17)16(20)21/h4-5,12H,2-3,6-11H2,1H3,(H,20,21). The SMILES string of the molecule is COc1ccc2c(c1)C13CCCCC1(CC2)CCN3C(=O)O. The molecule has 0 radical (unpaired) electrons. The van der Waals surface area contributed by atoms with Crippen LogP contribution < -0.4 is 4.74 Å². The molecule has 4 nitrogen and oxygen atoms in total. The highest BCUT2D eigenvalue weighted by atomic mass is 16.5. The number of fused-ring (bicyclic) bond motifs is 1. The zero-order valence-electron chi connectivity index (χ0n) is 13.1. The highest BCUT2D eigenvalue weighted by molar-refractivity contribution is 5.69. The maximum atomic E-state index is 12.0. The summed E-state index contributed by atoms with van der Waals surface area (Å²) in [6, 6.07) is 6.25. The van der Waals surface area contributed by atoms with Gasteiger partial charge < -0.3 is 9.84 Å². The number of hydrogen-bond acceptors (Lipinski definition) is 2. The summed E-state index contributed by atoms with van der Waals surface area (Å²) in [6.45, 7) is 0.673. The van der Waals surface area contributed by atoms with Crippen molar-refractivity contribution in [3.63, 3.8) is 0 Å². The Kier molecular flexibility index (Phi) is 2.94. The molecule has 2 atom stereocenters. The first-order valence-electron chi connectivity index (χ1n) is 8.31. The lowest BCUT2D eigenvalue weighted by Gasteiger charge is -2.55. The van der Waals surface area contributed by atoms with Crippen LogP contribution in [0.2, 0.25) is 0 Å². The van der Waals surface area contributed by atoms with Gasteiger partial charge in [0.2, 0.25) is 0 Å². The number of carbonyl (C=O) groups is 1. The molecule has 1 amide bonds. The second-order valence-electron chi connectivity index (χ2n) is 7.06. The first-order valence-corrected chi connectivity index (χ1v) is 8.31. The number of likely N-dealkylation sites (tertiary alicyclic amines) is 1. The summed E-state index contributed by atoms with van der Waals surface area (Å²) in [4.78, 5) is 13.7. The molecule has 2 fully saturated rings. The molecule has 0 spiro atoms.